The number of rotatable bonds is 6. The highest BCUT2D eigenvalue weighted by Crippen LogP contribution is 2.34. The van der Waals surface area contributed by atoms with E-state index in [0.717, 1.165) is 23.9 Å². The Morgan fingerprint density at radius 1 is 1.30 bits per heavy atom. The van der Waals surface area contributed by atoms with Gasteiger partial charge in [-0.05, 0) is 37.5 Å². The van der Waals surface area contributed by atoms with Gasteiger partial charge in [-0.3, -0.25) is 9.59 Å². The van der Waals surface area contributed by atoms with E-state index in [4.69, 9.17) is 5.11 Å². The second-order valence-corrected chi connectivity index (χ2v) is 6.44. The third-order valence-electron chi connectivity index (χ3n) is 3.72. The number of alkyl halides is 2. The number of carbonyl (C=O) groups is 2. The quantitative estimate of drug-likeness (QED) is 0.772. The van der Waals surface area contributed by atoms with Crippen LogP contribution in [0.5, 0.6) is 0 Å². The van der Waals surface area contributed by atoms with E-state index in [0.29, 0.717) is 17.7 Å². The fraction of sp³-hybridized carbons (Fsp3) is 0.467. The van der Waals surface area contributed by atoms with Gasteiger partial charge in [0.2, 0.25) is 12.3 Å². The number of halogens is 3. The molecule has 0 radical (unpaired) electrons. The lowest BCUT2D eigenvalue weighted by molar-refractivity contribution is -0.141. The van der Waals surface area contributed by atoms with Crippen LogP contribution < -0.4 is 5.32 Å². The highest BCUT2D eigenvalue weighted by molar-refractivity contribution is 7.99. The Balaban J connectivity index is 2.05. The standard InChI is InChI=1S/C15H16F3NO3S/c16-10-3-4-12(23-7-13(17)18)11(6-10)19-14(20)8-1-2-9(5-8)15(21)22/h3-4,6,8-9,13H,1-2,5,7H2,(H,19,20)(H,21,22)/t8-,9+/m0/s1. The maximum Gasteiger partial charge on any atom is 0.306 e. The van der Waals surface area contributed by atoms with Crippen molar-refractivity contribution >= 4 is 29.3 Å². The highest BCUT2D eigenvalue weighted by Gasteiger charge is 2.34. The summed E-state index contributed by atoms with van der Waals surface area (Å²) < 4.78 is 38.0. The largest absolute Gasteiger partial charge is 0.481 e. The number of anilines is 1. The molecule has 0 saturated heterocycles. The molecule has 0 aromatic heterocycles. The van der Waals surface area contributed by atoms with E-state index < -0.39 is 41.7 Å². The molecule has 0 heterocycles. The van der Waals surface area contributed by atoms with Gasteiger partial charge in [0.05, 0.1) is 17.4 Å². The van der Waals surface area contributed by atoms with Crippen molar-refractivity contribution < 1.29 is 27.9 Å². The predicted octanol–water partition coefficient (Wildman–Crippen LogP) is 3.62. The average Bonchev–Trinajstić information content (AvgIpc) is 2.96. The van der Waals surface area contributed by atoms with E-state index >= 15 is 0 Å². The van der Waals surface area contributed by atoms with Crippen LogP contribution in [0.3, 0.4) is 0 Å². The molecule has 2 rings (SSSR count). The molecule has 4 nitrogen and oxygen atoms in total. The lowest BCUT2D eigenvalue weighted by Gasteiger charge is -2.14. The molecule has 1 aromatic rings. The number of nitrogens with one attached hydrogen (secondary N) is 1. The molecule has 0 bridgehead atoms. The summed E-state index contributed by atoms with van der Waals surface area (Å²) in [4.78, 5) is 23.5. The van der Waals surface area contributed by atoms with E-state index in [-0.39, 0.29) is 12.1 Å². The van der Waals surface area contributed by atoms with Crippen molar-refractivity contribution in [3.63, 3.8) is 0 Å². The van der Waals surface area contributed by atoms with Crippen LogP contribution in [0.4, 0.5) is 18.9 Å². The molecule has 1 amide bonds. The third-order valence-corrected chi connectivity index (χ3v) is 4.80. The number of amides is 1. The van der Waals surface area contributed by atoms with E-state index in [1.54, 1.807) is 0 Å². The van der Waals surface area contributed by atoms with Gasteiger partial charge in [0.25, 0.3) is 0 Å². The molecule has 2 N–H and O–H groups in total. The molecule has 0 spiro atoms. The highest BCUT2D eigenvalue weighted by atomic mass is 32.2. The lowest BCUT2D eigenvalue weighted by atomic mass is 10.0. The first-order valence-electron chi connectivity index (χ1n) is 7.11. The van der Waals surface area contributed by atoms with Crippen LogP contribution in [-0.4, -0.2) is 29.2 Å². The minimum Gasteiger partial charge on any atom is -0.481 e. The summed E-state index contributed by atoms with van der Waals surface area (Å²) in [6.45, 7) is 0. The number of aliphatic carboxylic acids is 1. The molecule has 23 heavy (non-hydrogen) atoms. The molecule has 1 aliphatic carbocycles. The maximum absolute atomic E-state index is 13.4. The first kappa shape index (κ1) is 17.7. The zero-order valence-corrected chi connectivity index (χ0v) is 12.9. The van der Waals surface area contributed by atoms with E-state index in [2.05, 4.69) is 5.32 Å². The number of thioether (sulfide) groups is 1. The molecular formula is C15H16F3NO3S. The molecule has 126 valence electrons. The second-order valence-electron chi connectivity index (χ2n) is 5.38. The predicted molar refractivity (Wildman–Crippen MR) is 80.2 cm³/mol. The van der Waals surface area contributed by atoms with Crippen LogP contribution in [0, 0.1) is 17.7 Å². The van der Waals surface area contributed by atoms with E-state index in [1.165, 1.54) is 6.07 Å². The van der Waals surface area contributed by atoms with Crippen LogP contribution in [0.25, 0.3) is 0 Å². The van der Waals surface area contributed by atoms with Gasteiger partial charge in [-0.2, -0.15) is 0 Å². The Labute approximate surface area is 135 Å². The minimum absolute atomic E-state index is 0.138. The van der Waals surface area contributed by atoms with Gasteiger partial charge in [0.15, 0.2) is 0 Å². The van der Waals surface area contributed by atoms with Crippen LogP contribution in [0.15, 0.2) is 23.1 Å². The van der Waals surface area contributed by atoms with Crippen LogP contribution >= 0.6 is 11.8 Å². The molecule has 1 aromatic carbocycles. The maximum atomic E-state index is 13.4. The SMILES string of the molecule is O=C(O)[C@@H]1CC[C@H](C(=O)Nc2cc(F)ccc2SCC(F)F)C1. The molecule has 8 heteroatoms. The summed E-state index contributed by atoms with van der Waals surface area (Å²) in [6.07, 6.45) is -1.42. The first-order chi connectivity index (χ1) is 10.9. The van der Waals surface area contributed by atoms with Gasteiger partial charge in [-0.25, -0.2) is 13.2 Å². The molecule has 0 aliphatic heterocycles. The van der Waals surface area contributed by atoms with Gasteiger partial charge in [-0.1, -0.05) is 0 Å². The van der Waals surface area contributed by atoms with Crippen molar-refractivity contribution in [2.45, 2.75) is 30.6 Å². The van der Waals surface area contributed by atoms with Gasteiger partial charge >= 0.3 is 5.97 Å². The summed E-state index contributed by atoms with van der Waals surface area (Å²) in [5.41, 5.74) is 0.138. The molecule has 1 aliphatic rings. The molecule has 1 saturated carbocycles. The normalized spacial score (nSPS) is 20.7. The van der Waals surface area contributed by atoms with Gasteiger partial charge in [0, 0.05) is 10.8 Å². The smallest absolute Gasteiger partial charge is 0.306 e. The van der Waals surface area contributed by atoms with Crippen molar-refractivity contribution in [3.05, 3.63) is 24.0 Å². The summed E-state index contributed by atoms with van der Waals surface area (Å²) in [6, 6.07) is 3.56. The van der Waals surface area contributed by atoms with Gasteiger partial charge in [-0.15, -0.1) is 11.8 Å². The number of hydrogen-bond donors (Lipinski definition) is 2. The van der Waals surface area contributed by atoms with Crippen molar-refractivity contribution in [1.29, 1.82) is 0 Å². The minimum atomic E-state index is -2.51. The monoisotopic (exact) mass is 347 g/mol. The Morgan fingerprint density at radius 2 is 2.00 bits per heavy atom. The number of hydrogen-bond acceptors (Lipinski definition) is 3. The van der Waals surface area contributed by atoms with Crippen LogP contribution in [0.1, 0.15) is 19.3 Å². The Kier molecular flexibility index (Phi) is 5.92. The number of carboxylic acid groups (broad SMARTS) is 1. The van der Waals surface area contributed by atoms with Crippen LogP contribution in [-0.2, 0) is 9.59 Å². The Morgan fingerprint density at radius 3 is 2.61 bits per heavy atom. The fourth-order valence-electron chi connectivity index (χ4n) is 2.56. The number of carboxylic acids is 1. The third kappa shape index (κ3) is 4.89. The second kappa shape index (κ2) is 7.72. The molecule has 1 fully saturated rings. The molecule has 0 unspecified atom stereocenters. The summed E-state index contributed by atoms with van der Waals surface area (Å²) in [5.74, 6) is -3.40. The van der Waals surface area contributed by atoms with Crippen LogP contribution in [0.2, 0.25) is 0 Å². The van der Waals surface area contributed by atoms with E-state index in [1.807, 2.05) is 0 Å². The number of benzene rings is 1. The van der Waals surface area contributed by atoms with Crippen molar-refractivity contribution in [2.24, 2.45) is 11.8 Å². The van der Waals surface area contributed by atoms with E-state index in [9.17, 15) is 22.8 Å². The van der Waals surface area contributed by atoms with Gasteiger partial charge < -0.3 is 10.4 Å². The molecular weight excluding hydrogens is 331 g/mol. The zero-order chi connectivity index (χ0) is 17.0. The topological polar surface area (TPSA) is 66.4 Å². The van der Waals surface area contributed by atoms with Crippen molar-refractivity contribution in [2.75, 3.05) is 11.1 Å². The van der Waals surface area contributed by atoms with Gasteiger partial charge in [0.1, 0.15) is 5.82 Å². The Hall–Kier alpha value is -1.70. The Bertz CT molecular complexity index is 597. The first-order valence-corrected chi connectivity index (χ1v) is 8.09. The summed E-state index contributed by atoms with van der Waals surface area (Å²) in [7, 11) is 0. The lowest BCUT2D eigenvalue weighted by Crippen LogP contribution is -2.22. The van der Waals surface area contributed by atoms with Crippen molar-refractivity contribution in [3.8, 4) is 0 Å². The summed E-state index contributed by atoms with van der Waals surface area (Å²) in [5, 5.41) is 11.5. The average molecular weight is 347 g/mol. The zero-order valence-electron chi connectivity index (χ0n) is 12.1. The molecule has 2 atom stereocenters. The van der Waals surface area contributed by atoms with Crippen molar-refractivity contribution in [1.82, 2.24) is 0 Å². The number of carbonyl (C=O) groups excluding carboxylic acids is 1. The fourth-order valence-corrected chi connectivity index (χ4v) is 3.29. The summed E-state index contributed by atoms with van der Waals surface area (Å²) >= 11 is 0.828.